The molecule has 0 unspecified atom stereocenters. The Balaban J connectivity index is 1.40. The third kappa shape index (κ3) is 3.28. The van der Waals surface area contributed by atoms with E-state index in [1.54, 1.807) is 11.3 Å². The fourth-order valence-corrected chi connectivity index (χ4v) is 3.47. The van der Waals surface area contributed by atoms with Gasteiger partial charge >= 0.3 is 0 Å². The summed E-state index contributed by atoms with van der Waals surface area (Å²) in [4.78, 5) is 8.98. The number of hydrogen-bond donors (Lipinski definition) is 2. The topological polar surface area (TPSA) is 76.4 Å². The number of benzene rings is 1. The summed E-state index contributed by atoms with van der Waals surface area (Å²) in [6.45, 7) is 1.42. The van der Waals surface area contributed by atoms with Crippen LogP contribution in [0, 0.1) is 5.92 Å². The standard InChI is InChI=1S/C18H20N4OS/c19-18(20-9-12-4-3-5-12)21-10-17-22-14(11-24-17)16-8-13-6-1-2-7-15(13)23-16/h1-2,6-8,11-12H,3-5,9-10H2,(H3,19,20,21). The third-order valence-electron chi connectivity index (χ3n) is 4.41. The van der Waals surface area contributed by atoms with Crippen LogP contribution in [0.1, 0.15) is 24.3 Å². The van der Waals surface area contributed by atoms with Crippen molar-refractivity contribution in [3.8, 4) is 11.5 Å². The van der Waals surface area contributed by atoms with Gasteiger partial charge in [-0.2, -0.15) is 0 Å². The summed E-state index contributed by atoms with van der Waals surface area (Å²) < 4.78 is 5.85. The number of para-hydroxylation sites is 1. The molecule has 0 spiro atoms. The molecule has 0 amide bonds. The molecule has 6 heteroatoms. The van der Waals surface area contributed by atoms with Crippen LogP contribution in [-0.2, 0) is 6.54 Å². The molecule has 3 aromatic rings. The van der Waals surface area contributed by atoms with E-state index in [1.165, 1.54) is 19.3 Å². The highest BCUT2D eigenvalue weighted by atomic mass is 32.1. The van der Waals surface area contributed by atoms with Gasteiger partial charge in [-0.05, 0) is 30.9 Å². The van der Waals surface area contributed by atoms with Crippen molar-refractivity contribution in [2.75, 3.05) is 6.54 Å². The molecule has 1 aliphatic carbocycles. The van der Waals surface area contributed by atoms with E-state index in [0.717, 1.165) is 39.9 Å². The third-order valence-corrected chi connectivity index (χ3v) is 5.24. The van der Waals surface area contributed by atoms with E-state index in [2.05, 4.69) is 15.3 Å². The van der Waals surface area contributed by atoms with Gasteiger partial charge in [-0.3, -0.25) is 0 Å². The number of aliphatic imine (C=N–C) groups is 1. The van der Waals surface area contributed by atoms with E-state index < -0.39 is 0 Å². The minimum Gasteiger partial charge on any atom is -0.454 e. The first-order valence-corrected chi connectivity index (χ1v) is 9.13. The van der Waals surface area contributed by atoms with E-state index in [-0.39, 0.29) is 0 Å². The van der Waals surface area contributed by atoms with Crippen LogP contribution in [0.2, 0.25) is 0 Å². The van der Waals surface area contributed by atoms with Crippen molar-refractivity contribution in [2.45, 2.75) is 25.8 Å². The fraction of sp³-hybridized carbons (Fsp3) is 0.333. The van der Waals surface area contributed by atoms with Gasteiger partial charge < -0.3 is 15.5 Å². The maximum Gasteiger partial charge on any atom is 0.189 e. The maximum absolute atomic E-state index is 5.91. The van der Waals surface area contributed by atoms with E-state index in [9.17, 15) is 0 Å². The van der Waals surface area contributed by atoms with Gasteiger partial charge in [0.2, 0.25) is 0 Å². The highest BCUT2D eigenvalue weighted by Crippen LogP contribution is 2.28. The fourth-order valence-electron chi connectivity index (χ4n) is 2.76. The second-order valence-electron chi connectivity index (χ2n) is 6.15. The number of rotatable bonds is 5. The molecule has 2 aromatic heterocycles. The summed E-state index contributed by atoms with van der Waals surface area (Å²) in [5.41, 5.74) is 7.64. The lowest BCUT2D eigenvalue weighted by Crippen LogP contribution is -2.37. The van der Waals surface area contributed by atoms with Crippen molar-refractivity contribution in [3.63, 3.8) is 0 Å². The summed E-state index contributed by atoms with van der Waals surface area (Å²) >= 11 is 1.57. The molecule has 4 rings (SSSR count). The molecule has 1 fully saturated rings. The van der Waals surface area contributed by atoms with Gasteiger partial charge in [0, 0.05) is 17.3 Å². The molecule has 1 aromatic carbocycles. The van der Waals surface area contributed by atoms with E-state index in [4.69, 9.17) is 10.2 Å². The molecular formula is C18H20N4OS. The predicted molar refractivity (Wildman–Crippen MR) is 98.0 cm³/mol. The lowest BCUT2D eigenvalue weighted by Gasteiger charge is -2.25. The monoisotopic (exact) mass is 340 g/mol. The molecule has 0 atom stereocenters. The predicted octanol–water partition coefficient (Wildman–Crippen LogP) is 3.76. The molecule has 5 nitrogen and oxygen atoms in total. The molecule has 0 aliphatic heterocycles. The summed E-state index contributed by atoms with van der Waals surface area (Å²) in [6.07, 6.45) is 3.94. The van der Waals surface area contributed by atoms with Gasteiger partial charge in [-0.15, -0.1) is 11.3 Å². The second kappa shape index (κ2) is 6.65. The average molecular weight is 340 g/mol. The van der Waals surface area contributed by atoms with Gasteiger partial charge in [0.15, 0.2) is 11.7 Å². The molecule has 0 bridgehead atoms. The highest BCUT2D eigenvalue weighted by molar-refractivity contribution is 7.09. The van der Waals surface area contributed by atoms with Crippen LogP contribution in [0.4, 0.5) is 0 Å². The van der Waals surface area contributed by atoms with Crippen LogP contribution >= 0.6 is 11.3 Å². The molecule has 2 heterocycles. The minimum absolute atomic E-state index is 0.494. The minimum atomic E-state index is 0.494. The number of fused-ring (bicyclic) bond motifs is 1. The van der Waals surface area contributed by atoms with E-state index in [0.29, 0.717) is 12.5 Å². The van der Waals surface area contributed by atoms with Crippen molar-refractivity contribution in [1.29, 1.82) is 0 Å². The summed E-state index contributed by atoms with van der Waals surface area (Å²) in [5.74, 6) is 2.06. The number of guanidine groups is 1. The lowest BCUT2D eigenvalue weighted by molar-refractivity contribution is 0.315. The summed E-state index contributed by atoms with van der Waals surface area (Å²) in [5, 5.41) is 7.21. The van der Waals surface area contributed by atoms with Crippen LogP contribution in [-0.4, -0.2) is 17.5 Å². The van der Waals surface area contributed by atoms with Crippen molar-refractivity contribution < 1.29 is 4.42 Å². The van der Waals surface area contributed by atoms with Crippen LogP contribution < -0.4 is 11.1 Å². The zero-order valence-electron chi connectivity index (χ0n) is 13.4. The van der Waals surface area contributed by atoms with Gasteiger partial charge in [-0.25, -0.2) is 9.98 Å². The zero-order chi connectivity index (χ0) is 16.4. The Labute approximate surface area is 144 Å². The van der Waals surface area contributed by atoms with Gasteiger partial charge in [-0.1, -0.05) is 24.6 Å². The molecule has 0 radical (unpaired) electrons. The van der Waals surface area contributed by atoms with Crippen molar-refractivity contribution in [1.82, 2.24) is 10.3 Å². The van der Waals surface area contributed by atoms with Gasteiger partial charge in [0.1, 0.15) is 16.3 Å². The number of hydrogen-bond acceptors (Lipinski definition) is 4. The quantitative estimate of drug-likeness (QED) is 0.548. The number of furan rings is 1. The van der Waals surface area contributed by atoms with Crippen molar-refractivity contribution >= 4 is 28.3 Å². The summed E-state index contributed by atoms with van der Waals surface area (Å²) in [6, 6.07) is 9.99. The van der Waals surface area contributed by atoms with Gasteiger partial charge in [0.25, 0.3) is 0 Å². The SMILES string of the molecule is NC(=NCc1nc(-c2cc3ccccc3o2)cs1)NCC1CCC1. The van der Waals surface area contributed by atoms with Crippen LogP contribution in [0.5, 0.6) is 0 Å². The highest BCUT2D eigenvalue weighted by Gasteiger charge is 2.16. The first kappa shape index (κ1) is 15.2. The maximum atomic E-state index is 5.91. The van der Waals surface area contributed by atoms with Crippen molar-refractivity contribution in [3.05, 3.63) is 40.7 Å². The molecule has 124 valence electrons. The number of aromatic nitrogens is 1. The Morgan fingerprint density at radius 3 is 3.04 bits per heavy atom. The first-order valence-electron chi connectivity index (χ1n) is 8.25. The number of nitrogens with zero attached hydrogens (tertiary/aromatic N) is 2. The van der Waals surface area contributed by atoms with Gasteiger partial charge in [0.05, 0.1) is 6.54 Å². The average Bonchev–Trinajstić information content (AvgIpc) is 3.17. The Morgan fingerprint density at radius 2 is 2.25 bits per heavy atom. The molecule has 1 saturated carbocycles. The molecule has 0 saturated heterocycles. The Morgan fingerprint density at radius 1 is 1.38 bits per heavy atom. The normalized spacial score (nSPS) is 15.6. The van der Waals surface area contributed by atoms with Crippen molar-refractivity contribution in [2.24, 2.45) is 16.6 Å². The number of thiazole rings is 1. The first-order chi connectivity index (χ1) is 11.8. The lowest BCUT2D eigenvalue weighted by atomic mass is 9.85. The van der Waals surface area contributed by atoms with E-state index >= 15 is 0 Å². The number of nitrogens with two attached hydrogens (primary N) is 1. The second-order valence-corrected chi connectivity index (χ2v) is 7.10. The molecule has 3 N–H and O–H groups in total. The largest absolute Gasteiger partial charge is 0.454 e. The Hall–Kier alpha value is -2.34. The Kier molecular flexibility index (Phi) is 4.21. The molecule has 24 heavy (non-hydrogen) atoms. The number of nitrogens with one attached hydrogen (secondary N) is 1. The zero-order valence-corrected chi connectivity index (χ0v) is 14.2. The van der Waals surface area contributed by atoms with Crippen LogP contribution in [0.3, 0.4) is 0 Å². The molecule has 1 aliphatic rings. The van der Waals surface area contributed by atoms with E-state index in [1.807, 2.05) is 35.7 Å². The van der Waals surface area contributed by atoms with Crippen LogP contribution in [0.15, 0.2) is 45.1 Å². The smallest absolute Gasteiger partial charge is 0.189 e. The summed E-state index contributed by atoms with van der Waals surface area (Å²) in [7, 11) is 0. The van der Waals surface area contributed by atoms with Crippen LogP contribution in [0.25, 0.3) is 22.4 Å². The molecular weight excluding hydrogens is 320 g/mol. The Bertz CT molecular complexity index is 830.